The van der Waals surface area contributed by atoms with Crippen LogP contribution in [0.3, 0.4) is 0 Å². The zero-order chi connectivity index (χ0) is 28.0. The molecule has 0 spiro atoms. The predicted molar refractivity (Wildman–Crippen MR) is 156 cm³/mol. The number of aliphatic hydroxyl groups is 1. The Labute approximate surface area is 232 Å². The molecule has 2 aromatic carbocycles. The van der Waals surface area contributed by atoms with Crippen molar-refractivity contribution in [3.63, 3.8) is 0 Å². The van der Waals surface area contributed by atoms with Crippen LogP contribution >= 0.6 is 11.8 Å². The van der Waals surface area contributed by atoms with E-state index in [1.165, 1.54) is 0 Å². The molecule has 0 saturated carbocycles. The van der Waals surface area contributed by atoms with E-state index in [4.69, 9.17) is 4.74 Å². The van der Waals surface area contributed by atoms with Gasteiger partial charge in [-0.05, 0) is 41.4 Å². The van der Waals surface area contributed by atoms with Crippen LogP contribution in [0, 0.1) is 11.8 Å². The van der Waals surface area contributed by atoms with Crippen LogP contribution in [0.5, 0.6) is 5.75 Å². The fraction of sp³-hybridized carbons (Fsp3) is 0.536. The first-order valence-electron chi connectivity index (χ1n) is 13.0. The Morgan fingerprint density at radius 3 is 2.42 bits per heavy atom. The van der Waals surface area contributed by atoms with Crippen molar-refractivity contribution in [3.05, 3.63) is 65.7 Å². The summed E-state index contributed by atoms with van der Waals surface area (Å²) in [7, 11) is -1.86. The van der Waals surface area contributed by atoms with Gasteiger partial charge in [0.25, 0.3) is 0 Å². The maximum absolute atomic E-state index is 13.4. The van der Waals surface area contributed by atoms with E-state index < -0.39 is 28.1 Å². The van der Waals surface area contributed by atoms with Crippen molar-refractivity contribution in [1.82, 2.24) is 15.4 Å². The molecule has 10 heteroatoms. The molecular formula is C28H43N3O5S2. The van der Waals surface area contributed by atoms with Crippen molar-refractivity contribution in [2.45, 2.75) is 45.9 Å². The minimum Gasteiger partial charge on any atom is -0.497 e. The first-order valence-corrected chi connectivity index (χ1v) is 15.8. The molecule has 0 heterocycles. The Morgan fingerprint density at radius 2 is 1.76 bits per heavy atom. The van der Waals surface area contributed by atoms with Gasteiger partial charge in [-0.3, -0.25) is 4.79 Å². The van der Waals surface area contributed by atoms with Crippen LogP contribution < -0.4 is 20.1 Å². The van der Waals surface area contributed by atoms with Gasteiger partial charge in [0, 0.05) is 25.4 Å². The molecule has 2 aromatic rings. The summed E-state index contributed by atoms with van der Waals surface area (Å²) < 4.78 is 32.6. The first kappa shape index (κ1) is 32.1. The lowest BCUT2D eigenvalue weighted by molar-refractivity contribution is -0.125. The number of methoxy groups -OCH3 is 1. The van der Waals surface area contributed by atoms with E-state index in [-0.39, 0.29) is 30.7 Å². The summed E-state index contributed by atoms with van der Waals surface area (Å²) in [6.07, 6.45) is -0.414. The Bertz CT molecular complexity index is 1070. The van der Waals surface area contributed by atoms with Crippen LogP contribution in [0.25, 0.3) is 0 Å². The Morgan fingerprint density at radius 1 is 1.05 bits per heavy atom. The quantitative estimate of drug-likeness (QED) is 0.220. The van der Waals surface area contributed by atoms with E-state index in [2.05, 4.69) is 15.4 Å². The van der Waals surface area contributed by atoms with E-state index in [1.54, 1.807) is 18.9 Å². The van der Waals surface area contributed by atoms with E-state index in [0.717, 1.165) is 22.6 Å². The number of ether oxygens (including phenoxy) is 1. The maximum atomic E-state index is 13.4. The normalized spacial score (nSPS) is 14.2. The fourth-order valence-corrected chi connectivity index (χ4v) is 6.19. The standard InChI is InChI=1S/C28H43N3O5S2/c1-5-37-19-24(17-30-38(34,35)20-21(2)3)28(33)31-26(15-22-10-7-6-8-11-22)27(32)18-29-16-23-12-9-13-25(14-23)36-4/h6-14,21,24,26-27,29-30,32H,5,15-20H2,1-4H3,(H,31,33)/t24?,26?,27-/m1/s1. The molecule has 212 valence electrons. The van der Waals surface area contributed by atoms with Crippen molar-refractivity contribution >= 4 is 27.7 Å². The molecule has 0 aliphatic carbocycles. The first-order chi connectivity index (χ1) is 18.1. The second-order valence-corrected chi connectivity index (χ2v) is 12.9. The summed E-state index contributed by atoms with van der Waals surface area (Å²) in [5.74, 6) is 1.22. The summed E-state index contributed by atoms with van der Waals surface area (Å²) in [6.45, 7) is 6.51. The number of rotatable bonds is 18. The molecule has 1 amide bonds. The van der Waals surface area contributed by atoms with Crippen LogP contribution in [0.15, 0.2) is 54.6 Å². The lowest BCUT2D eigenvalue weighted by Gasteiger charge is -2.27. The molecule has 0 saturated heterocycles. The summed E-state index contributed by atoms with van der Waals surface area (Å²) >= 11 is 1.58. The average Bonchev–Trinajstić information content (AvgIpc) is 2.88. The topological polar surface area (TPSA) is 117 Å². The molecule has 0 radical (unpaired) electrons. The van der Waals surface area contributed by atoms with E-state index >= 15 is 0 Å². The molecule has 0 aliphatic heterocycles. The van der Waals surface area contributed by atoms with Gasteiger partial charge >= 0.3 is 0 Å². The molecule has 8 nitrogen and oxygen atoms in total. The Balaban J connectivity index is 2.08. The predicted octanol–water partition coefficient (Wildman–Crippen LogP) is 2.82. The fourth-order valence-electron chi connectivity index (χ4n) is 3.95. The molecule has 2 rings (SSSR count). The lowest BCUT2D eigenvalue weighted by atomic mass is 10.00. The molecular weight excluding hydrogens is 522 g/mol. The molecule has 0 aromatic heterocycles. The van der Waals surface area contributed by atoms with Gasteiger partial charge in [-0.1, -0.05) is 63.2 Å². The number of amides is 1. The third-order valence-electron chi connectivity index (χ3n) is 5.90. The second kappa shape index (κ2) is 16.8. The number of hydrogen-bond acceptors (Lipinski definition) is 7. The molecule has 4 N–H and O–H groups in total. The number of nitrogens with one attached hydrogen (secondary N) is 3. The number of benzene rings is 2. The van der Waals surface area contributed by atoms with Gasteiger partial charge in [0.2, 0.25) is 15.9 Å². The van der Waals surface area contributed by atoms with Crippen molar-refractivity contribution in [1.29, 1.82) is 0 Å². The van der Waals surface area contributed by atoms with Crippen LogP contribution in [-0.2, 0) is 27.8 Å². The van der Waals surface area contributed by atoms with Gasteiger partial charge in [0.15, 0.2) is 0 Å². The van der Waals surface area contributed by atoms with Crippen molar-refractivity contribution in [3.8, 4) is 5.75 Å². The largest absolute Gasteiger partial charge is 0.497 e. The monoisotopic (exact) mass is 565 g/mol. The van der Waals surface area contributed by atoms with Gasteiger partial charge in [-0.15, -0.1) is 0 Å². The smallest absolute Gasteiger partial charge is 0.225 e. The maximum Gasteiger partial charge on any atom is 0.225 e. The van der Waals surface area contributed by atoms with E-state index in [9.17, 15) is 18.3 Å². The number of thioether (sulfide) groups is 1. The second-order valence-electron chi connectivity index (χ2n) is 9.73. The summed E-state index contributed by atoms with van der Waals surface area (Å²) in [5.41, 5.74) is 2.01. The summed E-state index contributed by atoms with van der Waals surface area (Å²) in [4.78, 5) is 13.4. The molecule has 2 unspecified atom stereocenters. The minimum atomic E-state index is -3.48. The Kier molecular flexibility index (Phi) is 14.2. The molecule has 0 aliphatic rings. The van der Waals surface area contributed by atoms with Gasteiger partial charge in [0.05, 0.1) is 30.9 Å². The average molecular weight is 566 g/mol. The van der Waals surface area contributed by atoms with Gasteiger partial charge in [-0.25, -0.2) is 13.1 Å². The van der Waals surface area contributed by atoms with Gasteiger partial charge in [-0.2, -0.15) is 11.8 Å². The number of sulfonamides is 1. The van der Waals surface area contributed by atoms with Crippen LogP contribution in [-0.4, -0.2) is 69.0 Å². The van der Waals surface area contributed by atoms with Crippen LogP contribution in [0.2, 0.25) is 0 Å². The number of hydrogen-bond donors (Lipinski definition) is 4. The zero-order valence-electron chi connectivity index (χ0n) is 22.9. The SMILES string of the molecule is CCSCC(CNS(=O)(=O)CC(C)C)C(=O)NC(Cc1ccccc1)[C@H](O)CNCc1cccc(OC)c1. The summed E-state index contributed by atoms with van der Waals surface area (Å²) in [6, 6.07) is 16.8. The van der Waals surface area contributed by atoms with Crippen molar-refractivity contribution in [2.75, 3.05) is 37.5 Å². The highest BCUT2D eigenvalue weighted by atomic mass is 32.2. The van der Waals surface area contributed by atoms with Crippen molar-refractivity contribution in [2.24, 2.45) is 11.8 Å². The lowest BCUT2D eigenvalue weighted by Crippen LogP contribution is -2.52. The number of aliphatic hydroxyl groups excluding tert-OH is 1. The van der Waals surface area contributed by atoms with E-state index in [1.807, 2.05) is 75.4 Å². The minimum absolute atomic E-state index is 0.0105. The third kappa shape index (κ3) is 12.2. The molecule has 0 fully saturated rings. The highest BCUT2D eigenvalue weighted by molar-refractivity contribution is 7.99. The highest BCUT2D eigenvalue weighted by Gasteiger charge is 2.27. The molecule has 3 atom stereocenters. The van der Waals surface area contributed by atoms with Gasteiger partial charge < -0.3 is 20.5 Å². The number of carbonyl (C=O) groups excluding carboxylic acids is 1. The number of carbonyl (C=O) groups is 1. The van der Waals surface area contributed by atoms with Crippen molar-refractivity contribution < 1.29 is 23.1 Å². The molecule has 38 heavy (non-hydrogen) atoms. The third-order valence-corrected chi connectivity index (χ3v) is 8.66. The van der Waals surface area contributed by atoms with Crippen LogP contribution in [0.4, 0.5) is 0 Å². The van der Waals surface area contributed by atoms with Gasteiger partial charge in [0.1, 0.15) is 5.75 Å². The zero-order valence-corrected chi connectivity index (χ0v) is 24.5. The molecule has 0 bridgehead atoms. The highest BCUT2D eigenvalue weighted by Crippen LogP contribution is 2.14. The Hall–Kier alpha value is -2.11. The van der Waals surface area contributed by atoms with E-state index in [0.29, 0.717) is 18.7 Å². The summed E-state index contributed by atoms with van der Waals surface area (Å²) in [5, 5.41) is 17.4. The van der Waals surface area contributed by atoms with Crippen LogP contribution in [0.1, 0.15) is 31.9 Å².